The molecule has 1 unspecified atom stereocenters. The van der Waals surface area contributed by atoms with Crippen molar-refractivity contribution in [2.24, 2.45) is 0 Å². The Morgan fingerprint density at radius 1 is 0.583 bits per heavy atom. The number of unbranched alkanes of at least 4 members (excludes halogenated alkanes) is 1. The summed E-state index contributed by atoms with van der Waals surface area (Å²) in [5.74, 6) is -8.40. The monoisotopic (exact) mass is 1080 g/mol. The van der Waals surface area contributed by atoms with Crippen LogP contribution in [0.15, 0.2) is 53.0 Å². The first-order valence-corrected chi connectivity index (χ1v) is 24.1. The van der Waals surface area contributed by atoms with Gasteiger partial charge in [-0.1, -0.05) is 40.2 Å². The molecular formula is C47H65BrN8O16. The Kier molecular flexibility index (Phi) is 25.8. The lowest BCUT2D eigenvalue weighted by atomic mass is 10.1. The average molecular weight is 1080 g/mol. The van der Waals surface area contributed by atoms with Gasteiger partial charge in [-0.15, -0.1) is 0 Å². The fourth-order valence-electron chi connectivity index (χ4n) is 7.81. The lowest BCUT2D eigenvalue weighted by molar-refractivity contribution is -0.145. The van der Waals surface area contributed by atoms with Crippen LogP contribution in [-0.4, -0.2) is 211 Å². The normalized spacial score (nSPS) is 15.6. The summed E-state index contributed by atoms with van der Waals surface area (Å²) in [6.45, 7) is 1.56. The summed E-state index contributed by atoms with van der Waals surface area (Å²) in [6, 6.07) is 8.80. The SMILES string of the molecule is CC(=O)CC[C@@H](NC(=O)N[C@H](CCCCN(Cc1ccc(Br)cc1)C(=O)c1ccc(CNC(=O)CCC(C(=O)O)N2CCN(CC(=O)O)CCN(CC(=O)O)CCN(CC(=O)O)CC2)cc1)C(=O)O)C(=O)O. The molecule has 4 amide bonds. The second kappa shape index (κ2) is 31.0. The topological polar surface area (TPSA) is 344 Å². The molecule has 0 radical (unpaired) electrons. The van der Waals surface area contributed by atoms with Crippen molar-refractivity contribution in [3.8, 4) is 0 Å². The summed E-state index contributed by atoms with van der Waals surface area (Å²) >= 11 is 3.40. The molecule has 0 bridgehead atoms. The van der Waals surface area contributed by atoms with Gasteiger partial charge >= 0.3 is 41.8 Å². The smallest absolute Gasteiger partial charge is 0.326 e. The van der Waals surface area contributed by atoms with Gasteiger partial charge in [0.05, 0.1) is 19.6 Å². The summed E-state index contributed by atoms with van der Waals surface area (Å²) in [4.78, 5) is 130. The Morgan fingerprint density at radius 2 is 1.06 bits per heavy atom. The summed E-state index contributed by atoms with van der Waals surface area (Å²) in [7, 11) is 0. The lowest BCUT2D eigenvalue weighted by Crippen LogP contribution is -2.52. The number of carboxylic acid groups (broad SMARTS) is 6. The number of aliphatic carboxylic acids is 6. The number of hydrogen-bond acceptors (Lipinski definition) is 14. The maximum Gasteiger partial charge on any atom is 0.326 e. The van der Waals surface area contributed by atoms with Crippen LogP contribution >= 0.6 is 15.9 Å². The van der Waals surface area contributed by atoms with Gasteiger partial charge in [0.15, 0.2) is 0 Å². The maximum atomic E-state index is 13.9. The van der Waals surface area contributed by atoms with Crippen molar-refractivity contribution in [3.63, 3.8) is 0 Å². The second-order valence-corrected chi connectivity index (χ2v) is 18.3. The number of carboxylic acids is 6. The van der Waals surface area contributed by atoms with E-state index in [1.807, 2.05) is 24.3 Å². The second-order valence-electron chi connectivity index (χ2n) is 17.4. The minimum absolute atomic E-state index is 0.0384. The highest BCUT2D eigenvalue weighted by atomic mass is 79.9. The van der Waals surface area contributed by atoms with Crippen LogP contribution in [0.3, 0.4) is 0 Å². The number of benzene rings is 2. The summed E-state index contributed by atoms with van der Waals surface area (Å²) in [5.41, 5.74) is 1.75. The predicted molar refractivity (Wildman–Crippen MR) is 260 cm³/mol. The Balaban J connectivity index is 1.64. The quantitative estimate of drug-likeness (QED) is 0.0540. The van der Waals surface area contributed by atoms with Crippen LogP contribution in [0.2, 0.25) is 0 Å². The number of nitrogens with one attached hydrogen (secondary N) is 3. The number of rotatable bonds is 28. The van der Waals surface area contributed by atoms with Gasteiger partial charge in [-0.05, 0) is 74.4 Å². The van der Waals surface area contributed by atoms with Crippen LogP contribution in [0.1, 0.15) is 73.4 Å². The van der Waals surface area contributed by atoms with E-state index < -0.39 is 65.9 Å². The highest BCUT2D eigenvalue weighted by Crippen LogP contribution is 2.17. The van der Waals surface area contributed by atoms with E-state index in [9.17, 15) is 78.6 Å². The molecule has 0 saturated carbocycles. The number of nitrogens with zero attached hydrogens (tertiary/aromatic N) is 5. The summed E-state index contributed by atoms with van der Waals surface area (Å²) in [5, 5.41) is 65.2. The summed E-state index contributed by atoms with van der Waals surface area (Å²) in [6.07, 6.45) is -0.0564. The predicted octanol–water partition coefficient (Wildman–Crippen LogP) is 1.16. The molecule has 1 aliphatic rings. The van der Waals surface area contributed by atoms with Gasteiger partial charge in [0.1, 0.15) is 23.9 Å². The van der Waals surface area contributed by atoms with Gasteiger partial charge in [0.25, 0.3) is 5.91 Å². The van der Waals surface area contributed by atoms with Crippen molar-refractivity contribution in [3.05, 3.63) is 69.7 Å². The zero-order chi connectivity index (χ0) is 53.3. The van der Waals surface area contributed by atoms with E-state index in [1.54, 1.807) is 48.8 Å². The van der Waals surface area contributed by atoms with E-state index in [0.29, 0.717) is 17.5 Å². The van der Waals surface area contributed by atoms with Gasteiger partial charge in [0, 0.05) is 94.9 Å². The number of ketones is 1. The first kappa shape index (κ1) is 59.8. The third-order valence-corrected chi connectivity index (χ3v) is 12.3. The van der Waals surface area contributed by atoms with Gasteiger partial charge in [-0.2, -0.15) is 0 Å². The van der Waals surface area contributed by atoms with Gasteiger partial charge < -0.3 is 56.3 Å². The number of Topliss-reactive ketones (excluding diaryl/α,β-unsaturated/α-hetero) is 1. The fourth-order valence-corrected chi connectivity index (χ4v) is 8.08. The van der Waals surface area contributed by atoms with E-state index in [0.717, 1.165) is 10.0 Å². The fraction of sp³-hybridized carbons (Fsp3) is 0.532. The molecule has 0 aliphatic carbocycles. The van der Waals surface area contributed by atoms with Crippen LogP contribution in [-0.2, 0) is 51.4 Å². The lowest BCUT2D eigenvalue weighted by Gasteiger charge is -2.35. The number of halogens is 1. The van der Waals surface area contributed by atoms with Crippen molar-refractivity contribution in [2.45, 2.75) is 83.1 Å². The van der Waals surface area contributed by atoms with Crippen molar-refractivity contribution in [1.29, 1.82) is 0 Å². The summed E-state index contributed by atoms with van der Waals surface area (Å²) < 4.78 is 0.828. The van der Waals surface area contributed by atoms with E-state index >= 15 is 0 Å². The molecule has 9 N–H and O–H groups in total. The number of carbonyl (C=O) groups is 10. The number of hydrogen-bond donors (Lipinski definition) is 9. The molecule has 2 aromatic carbocycles. The molecule has 1 heterocycles. The standard InChI is InChI=1S/C47H65BrN8O16/c1-31(57)5-14-37(45(68)69)51-47(72)50-36(44(66)67)4-2-3-17-56(27-33-8-12-35(48)13-9-33)43(65)34-10-6-32(7-11-34)26-49-39(58)16-15-38(46(70)71)55-24-22-53(29-41(61)62)20-18-52(28-40(59)60)19-21-54(23-25-55)30-42(63)64/h6-13,36-38H,2-5,14-30H2,1H3,(H,49,58)(H,59,60)(H,61,62)(H,63,64)(H,66,67)(H,68,69)(H,70,71)(H2,50,51,72)/t36-,37-,38?/m1/s1. The molecule has 24 nitrogen and oxygen atoms in total. The molecule has 396 valence electrons. The number of amides is 4. The molecule has 25 heteroatoms. The van der Waals surface area contributed by atoms with Crippen molar-refractivity contribution in [2.75, 3.05) is 78.5 Å². The Morgan fingerprint density at radius 3 is 1.51 bits per heavy atom. The number of carbonyl (C=O) groups excluding carboxylic acids is 4. The third kappa shape index (κ3) is 23.1. The minimum Gasteiger partial charge on any atom is -0.480 e. The molecule has 3 atom stereocenters. The third-order valence-electron chi connectivity index (χ3n) is 11.7. The van der Waals surface area contributed by atoms with E-state index in [1.165, 1.54) is 6.92 Å². The van der Waals surface area contributed by atoms with E-state index in [4.69, 9.17) is 0 Å². The van der Waals surface area contributed by atoms with Gasteiger partial charge in [-0.25, -0.2) is 14.4 Å². The molecule has 1 fully saturated rings. The van der Waals surface area contributed by atoms with Crippen molar-refractivity contribution in [1.82, 2.24) is 40.4 Å². The maximum absolute atomic E-state index is 13.9. The Labute approximate surface area is 424 Å². The first-order chi connectivity index (χ1) is 34.1. The van der Waals surface area contributed by atoms with Gasteiger partial charge in [0.2, 0.25) is 5.91 Å². The zero-order valence-electron chi connectivity index (χ0n) is 40.1. The molecule has 72 heavy (non-hydrogen) atoms. The van der Waals surface area contributed by atoms with Crippen molar-refractivity contribution < 1.29 is 78.6 Å². The average Bonchev–Trinajstić information content (AvgIpc) is 3.30. The number of urea groups is 1. The van der Waals surface area contributed by atoms with Crippen LogP contribution in [0.25, 0.3) is 0 Å². The van der Waals surface area contributed by atoms with E-state index in [2.05, 4.69) is 31.9 Å². The highest BCUT2D eigenvalue weighted by Gasteiger charge is 2.29. The Hall–Kier alpha value is -6.54. The molecule has 0 aromatic heterocycles. The minimum atomic E-state index is -1.40. The highest BCUT2D eigenvalue weighted by molar-refractivity contribution is 9.10. The zero-order valence-corrected chi connectivity index (χ0v) is 41.7. The molecule has 1 saturated heterocycles. The van der Waals surface area contributed by atoms with Gasteiger partial charge in [-0.3, -0.25) is 48.4 Å². The molecule has 1 aliphatic heterocycles. The van der Waals surface area contributed by atoms with Crippen molar-refractivity contribution >= 4 is 75.4 Å². The van der Waals surface area contributed by atoms with E-state index in [-0.39, 0.29) is 142 Å². The van der Waals surface area contributed by atoms with Crippen LogP contribution in [0.5, 0.6) is 0 Å². The van der Waals surface area contributed by atoms with Crippen LogP contribution in [0, 0.1) is 0 Å². The van der Waals surface area contributed by atoms with Crippen LogP contribution < -0.4 is 16.0 Å². The Bertz CT molecular complexity index is 2150. The molecular weight excluding hydrogens is 1010 g/mol. The molecule has 2 aromatic rings. The molecule has 3 rings (SSSR count). The largest absolute Gasteiger partial charge is 0.480 e. The molecule has 0 spiro atoms. The first-order valence-electron chi connectivity index (χ1n) is 23.3. The van der Waals surface area contributed by atoms with Crippen LogP contribution in [0.4, 0.5) is 4.79 Å².